The second-order valence-corrected chi connectivity index (χ2v) is 6.99. The van der Waals surface area contributed by atoms with Crippen LogP contribution in [0.15, 0.2) is 18.2 Å². The first-order valence-corrected chi connectivity index (χ1v) is 9.96. The molecule has 0 bridgehead atoms. The molecule has 0 aromatic heterocycles. The highest BCUT2D eigenvalue weighted by molar-refractivity contribution is 5.42. The van der Waals surface area contributed by atoms with Crippen LogP contribution in [0.25, 0.3) is 0 Å². The number of nitrogens with one attached hydrogen (secondary N) is 1. The lowest BCUT2D eigenvalue weighted by molar-refractivity contribution is 0.157. The molecular weight excluding hydrogens is 312 g/mol. The van der Waals surface area contributed by atoms with Gasteiger partial charge in [0.05, 0.1) is 20.3 Å². The van der Waals surface area contributed by atoms with E-state index in [0.717, 1.165) is 24.6 Å². The summed E-state index contributed by atoms with van der Waals surface area (Å²) in [5.74, 6) is 1.87. The Hall–Kier alpha value is -1.26. The lowest BCUT2D eigenvalue weighted by atomic mass is 10.00. The number of likely N-dealkylation sites (tertiary alicyclic amines) is 1. The Morgan fingerprint density at radius 3 is 2.52 bits per heavy atom. The summed E-state index contributed by atoms with van der Waals surface area (Å²) in [6.45, 7) is 6.66. The van der Waals surface area contributed by atoms with E-state index in [1.54, 1.807) is 14.2 Å². The number of ether oxygens (including phenoxy) is 2. The Morgan fingerprint density at radius 2 is 1.84 bits per heavy atom. The second kappa shape index (κ2) is 11.4. The molecule has 142 valence electrons. The van der Waals surface area contributed by atoms with Gasteiger partial charge in [-0.3, -0.25) is 4.90 Å². The van der Waals surface area contributed by atoms with Gasteiger partial charge in [0.2, 0.25) is 0 Å². The van der Waals surface area contributed by atoms with Gasteiger partial charge in [0.1, 0.15) is 11.5 Å². The highest BCUT2D eigenvalue weighted by Gasteiger charge is 2.25. The minimum atomic E-state index is 0.344. The molecule has 0 amide bonds. The molecule has 1 saturated heterocycles. The largest absolute Gasteiger partial charge is 0.497 e. The quantitative estimate of drug-likeness (QED) is 0.601. The van der Waals surface area contributed by atoms with Gasteiger partial charge in [-0.25, -0.2) is 0 Å². The van der Waals surface area contributed by atoms with Gasteiger partial charge in [-0.1, -0.05) is 32.6 Å². The number of methoxy groups -OCH3 is 2. The van der Waals surface area contributed by atoms with E-state index in [9.17, 15) is 0 Å². The topological polar surface area (TPSA) is 33.7 Å². The molecule has 4 heteroatoms. The van der Waals surface area contributed by atoms with Crippen molar-refractivity contribution in [2.24, 2.45) is 0 Å². The molecule has 0 radical (unpaired) electrons. The van der Waals surface area contributed by atoms with Crippen LogP contribution in [0, 0.1) is 0 Å². The molecule has 1 heterocycles. The van der Waals surface area contributed by atoms with Crippen molar-refractivity contribution < 1.29 is 9.47 Å². The third-order valence-corrected chi connectivity index (χ3v) is 5.17. The average molecular weight is 349 g/mol. The predicted molar refractivity (Wildman–Crippen MR) is 105 cm³/mol. The van der Waals surface area contributed by atoms with Crippen LogP contribution in [-0.2, 0) is 0 Å². The highest BCUT2D eigenvalue weighted by atomic mass is 16.5. The number of rotatable bonds is 11. The molecular formula is C21H36N2O2. The number of hydrogen-bond acceptors (Lipinski definition) is 4. The van der Waals surface area contributed by atoms with Crippen molar-refractivity contribution in [3.05, 3.63) is 23.8 Å². The minimum absolute atomic E-state index is 0.344. The standard InChI is InChI=1S/C21H36N2O2/c1-4-5-6-8-13-22-17-20(23-14-9-7-10-15-23)19-16-18(24-2)11-12-21(19)25-3/h11-12,16,20,22H,4-10,13-15,17H2,1-3H3. The van der Waals surface area contributed by atoms with E-state index < -0.39 is 0 Å². The van der Waals surface area contributed by atoms with E-state index in [4.69, 9.17) is 9.47 Å². The smallest absolute Gasteiger partial charge is 0.123 e. The van der Waals surface area contributed by atoms with E-state index >= 15 is 0 Å². The molecule has 1 aliphatic heterocycles. The van der Waals surface area contributed by atoms with Crippen molar-refractivity contribution in [2.45, 2.75) is 57.9 Å². The summed E-state index contributed by atoms with van der Waals surface area (Å²) >= 11 is 0. The molecule has 1 aromatic carbocycles. The maximum Gasteiger partial charge on any atom is 0.123 e. The normalized spacial score (nSPS) is 16.6. The molecule has 2 rings (SSSR count). The Bertz CT molecular complexity index is 487. The van der Waals surface area contributed by atoms with Gasteiger partial charge >= 0.3 is 0 Å². The van der Waals surface area contributed by atoms with Gasteiger partial charge < -0.3 is 14.8 Å². The Balaban J connectivity index is 2.08. The van der Waals surface area contributed by atoms with E-state index in [1.165, 1.54) is 63.6 Å². The van der Waals surface area contributed by atoms with Crippen LogP contribution in [0.2, 0.25) is 0 Å². The maximum atomic E-state index is 5.67. The van der Waals surface area contributed by atoms with Gasteiger partial charge in [0.25, 0.3) is 0 Å². The van der Waals surface area contributed by atoms with Crippen molar-refractivity contribution in [3.8, 4) is 11.5 Å². The number of piperidine rings is 1. The van der Waals surface area contributed by atoms with Crippen molar-refractivity contribution in [1.82, 2.24) is 10.2 Å². The summed E-state index contributed by atoms with van der Waals surface area (Å²) in [5.41, 5.74) is 1.24. The fourth-order valence-corrected chi connectivity index (χ4v) is 3.68. The zero-order valence-corrected chi connectivity index (χ0v) is 16.4. The first-order valence-electron chi connectivity index (χ1n) is 9.96. The van der Waals surface area contributed by atoms with Crippen molar-refractivity contribution in [3.63, 3.8) is 0 Å². The summed E-state index contributed by atoms with van der Waals surface area (Å²) in [4.78, 5) is 2.61. The number of hydrogen-bond donors (Lipinski definition) is 1. The van der Waals surface area contributed by atoms with Crippen LogP contribution in [0.3, 0.4) is 0 Å². The van der Waals surface area contributed by atoms with Gasteiger partial charge in [-0.15, -0.1) is 0 Å². The zero-order chi connectivity index (χ0) is 17.9. The molecule has 1 aliphatic rings. The van der Waals surface area contributed by atoms with E-state index in [0.29, 0.717) is 6.04 Å². The summed E-state index contributed by atoms with van der Waals surface area (Å²) in [7, 11) is 3.49. The molecule has 25 heavy (non-hydrogen) atoms. The molecule has 1 fully saturated rings. The molecule has 1 N–H and O–H groups in total. The van der Waals surface area contributed by atoms with Crippen LogP contribution in [0.1, 0.15) is 63.5 Å². The molecule has 0 saturated carbocycles. The molecule has 1 unspecified atom stereocenters. The molecule has 0 spiro atoms. The molecule has 0 aliphatic carbocycles. The Labute approximate surface area is 153 Å². The number of unbranched alkanes of at least 4 members (excludes halogenated alkanes) is 3. The van der Waals surface area contributed by atoms with Crippen molar-refractivity contribution in [1.29, 1.82) is 0 Å². The van der Waals surface area contributed by atoms with E-state index in [1.807, 2.05) is 12.1 Å². The highest BCUT2D eigenvalue weighted by Crippen LogP contribution is 2.33. The maximum absolute atomic E-state index is 5.67. The van der Waals surface area contributed by atoms with Gasteiger partial charge in [0.15, 0.2) is 0 Å². The van der Waals surface area contributed by atoms with Crippen LogP contribution in [0.5, 0.6) is 11.5 Å². The van der Waals surface area contributed by atoms with Gasteiger partial charge in [-0.05, 0) is 57.1 Å². The average Bonchev–Trinajstić information content (AvgIpc) is 2.67. The molecule has 1 aromatic rings. The zero-order valence-electron chi connectivity index (χ0n) is 16.4. The summed E-state index contributed by atoms with van der Waals surface area (Å²) in [6.07, 6.45) is 9.13. The van der Waals surface area contributed by atoms with E-state index in [2.05, 4.69) is 23.2 Å². The summed E-state index contributed by atoms with van der Waals surface area (Å²) in [6, 6.07) is 6.51. The van der Waals surface area contributed by atoms with Crippen LogP contribution >= 0.6 is 0 Å². The van der Waals surface area contributed by atoms with E-state index in [-0.39, 0.29) is 0 Å². The number of nitrogens with zero attached hydrogens (tertiary/aromatic N) is 1. The van der Waals surface area contributed by atoms with Crippen molar-refractivity contribution >= 4 is 0 Å². The minimum Gasteiger partial charge on any atom is -0.497 e. The fourth-order valence-electron chi connectivity index (χ4n) is 3.68. The Morgan fingerprint density at radius 1 is 1.04 bits per heavy atom. The molecule has 4 nitrogen and oxygen atoms in total. The SMILES string of the molecule is CCCCCCNCC(c1cc(OC)ccc1OC)N1CCCCC1. The second-order valence-electron chi connectivity index (χ2n) is 6.99. The lowest BCUT2D eigenvalue weighted by Gasteiger charge is -2.35. The van der Waals surface area contributed by atoms with Crippen molar-refractivity contribution in [2.75, 3.05) is 40.4 Å². The first-order chi connectivity index (χ1) is 12.3. The fraction of sp³-hybridized carbons (Fsp3) is 0.714. The van der Waals surface area contributed by atoms with Gasteiger partial charge in [-0.2, -0.15) is 0 Å². The van der Waals surface area contributed by atoms with Gasteiger partial charge in [0, 0.05) is 12.1 Å². The molecule has 1 atom stereocenters. The first kappa shape index (κ1) is 20.1. The summed E-state index contributed by atoms with van der Waals surface area (Å²) in [5, 5.41) is 3.69. The van der Waals surface area contributed by atoms with Crippen LogP contribution in [-0.4, -0.2) is 45.3 Å². The predicted octanol–water partition coefficient (Wildman–Crippen LogP) is 4.40. The third-order valence-electron chi connectivity index (χ3n) is 5.17. The Kier molecular flexibility index (Phi) is 9.12. The van der Waals surface area contributed by atoms with Crippen LogP contribution in [0.4, 0.5) is 0 Å². The lowest BCUT2D eigenvalue weighted by Crippen LogP contribution is -2.39. The van der Waals surface area contributed by atoms with Crippen LogP contribution < -0.4 is 14.8 Å². The number of benzene rings is 1. The monoisotopic (exact) mass is 348 g/mol. The third kappa shape index (κ3) is 6.19. The summed E-state index contributed by atoms with van der Waals surface area (Å²) < 4.78 is 11.1.